The predicted octanol–water partition coefficient (Wildman–Crippen LogP) is 5.03. The highest BCUT2D eigenvalue weighted by molar-refractivity contribution is 5.86. The largest absolute Gasteiger partial charge is 0.381 e. The number of hydrogen-bond acceptors (Lipinski definition) is 5. The number of nitrogens with one attached hydrogen (secondary N) is 2. The van der Waals surface area contributed by atoms with Gasteiger partial charge in [-0.05, 0) is 92.7 Å². The molecule has 3 aromatic heterocycles. The van der Waals surface area contributed by atoms with Gasteiger partial charge in [-0.1, -0.05) is 13.8 Å². The van der Waals surface area contributed by atoms with Crippen LogP contribution < -0.4 is 11.0 Å². The van der Waals surface area contributed by atoms with Crippen LogP contribution in [-0.2, 0) is 4.74 Å². The van der Waals surface area contributed by atoms with Crippen molar-refractivity contribution in [1.82, 2.24) is 29.5 Å². The Morgan fingerprint density at radius 1 is 1.00 bits per heavy atom. The molecule has 2 fully saturated rings. The molecule has 0 spiro atoms. The van der Waals surface area contributed by atoms with Crippen molar-refractivity contribution >= 4 is 16.7 Å². The summed E-state index contributed by atoms with van der Waals surface area (Å²) in [4.78, 5) is 20.9. The molecule has 8 nitrogen and oxygen atoms in total. The van der Waals surface area contributed by atoms with Gasteiger partial charge < -0.3 is 15.0 Å². The van der Waals surface area contributed by atoms with E-state index >= 15 is 0 Å². The van der Waals surface area contributed by atoms with Crippen LogP contribution in [0.1, 0.15) is 81.0 Å². The van der Waals surface area contributed by atoms with E-state index in [-0.39, 0.29) is 11.7 Å². The molecular formula is C29H38N6O2. The van der Waals surface area contributed by atoms with Crippen molar-refractivity contribution in [2.24, 2.45) is 0 Å². The number of benzene rings is 1. The van der Waals surface area contributed by atoms with Crippen molar-refractivity contribution in [1.29, 1.82) is 0 Å². The quantitative estimate of drug-likeness (QED) is 0.399. The third kappa shape index (κ3) is 4.40. The van der Waals surface area contributed by atoms with Crippen LogP contribution in [0.15, 0.2) is 29.5 Å². The van der Waals surface area contributed by atoms with Crippen molar-refractivity contribution in [3.8, 4) is 11.1 Å². The van der Waals surface area contributed by atoms with Gasteiger partial charge in [-0.25, -0.2) is 14.3 Å². The Kier molecular flexibility index (Phi) is 6.41. The number of H-pyrrole nitrogens is 1. The van der Waals surface area contributed by atoms with Crippen molar-refractivity contribution in [2.45, 2.75) is 90.3 Å². The molecule has 8 heteroatoms. The van der Waals surface area contributed by atoms with Crippen LogP contribution in [-0.4, -0.2) is 49.4 Å². The second-order valence-electron chi connectivity index (χ2n) is 11.3. The maximum atomic E-state index is 13.3. The van der Waals surface area contributed by atoms with Gasteiger partial charge >= 0.3 is 5.69 Å². The zero-order valence-electron chi connectivity index (χ0n) is 22.4. The predicted molar refractivity (Wildman–Crippen MR) is 146 cm³/mol. The SMILES string of the molecule is Cc1c(-c2cc3[nH]c(=O)n([C@H]4CC[C@@H](NC5CCOCC5)CC4)c3cc2C(C)C)cn2ncnc2c1C. The van der Waals surface area contributed by atoms with Crippen molar-refractivity contribution < 1.29 is 4.74 Å². The highest BCUT2D eigenvalue weighted by atomic mass is 16.5. The first-order chi connectivity index (χ1) is 17.9. The van der Waals surface area contributed by atoms with Gasteiger partial charge in [0, 0.05) is 43.1 Å². The van der Waals surface area contributed by atoms with Gasteiger partial charge in [0.1, 0.15) is 6.33 Å². The van der Waals surface area contributed by atoms with Crippen molar-refractivity contribution in [3.05, 3.63) is 51.8 Å². The van der Waals surface area contributed by atoms with E-state index in [1.54, 1.807) is 6.33 Å². The molecule has 0 bridgehead atoms. The van der Waals surface area contributed by atoms with Gasteiger partial charge in [0.05, 0.1) is 11.0 Å². The Morgan fingerprint density at radius 3 is 2.46 bits per heavy atom. The monoisotopic (exact) mass is 502 g/mol. The van der Waals surface area contributed by atoms with Crippen LogP contribution in [0.3, 0.4) is 0 Å². The van der Waals surface area contributed by atoms with E-state index in [0.29, 0.717) is 18.0 Å². The van der Waals surface area contributed by atoms with Crippen LogP contribution in [0.25, 0.3) is 27.8 Å². The lowest BCUT2D eigenvalue weighted by Gasteiger charge is -2.34. The first-order valence-electron chi connectivity index (χ1n) is 13.8. The molecule has 4 aromatic rings. The van der Waals surface area contributed by atoms with E-state index in [4.69, 9.17) is 4.74 Å². The number of rotatable bonds is 5. The second kappa shape index (κ2) is 9.72. The van der Waals surface area contributed by atoms with Crippen LogP contribution in [0.2, 0.25) is 0 Å². The van der Waals surface area contributed by atoms with Crippen LogP contribution >= 0.6 is 0 Å². The Hall–Kier alpha value is -2.97. The van der Waals surface area contributed by atoms with E-state index in [1.807, 2.05) is 9.08 Å². The van der Waals surface area contributed by atoms with Crippen LogP contribution in [0.5, 0.6) is 0 Å². The van der Waals surface area contributed by atoms with Gasteiger partial charge in [-0.2, -0.15) is 5.10 Å². The summed E-state index contributed by atoms with van der Waals surface area (Å²) >= 11 is 0. The van der Waals surface area contributed by atoms with Crippen molar-refractivity contribution in [3.63, 3.8) is 0 Å². The minimum atomic E-state index is 0.00215. The molecule has 196 valence electrons. The molecular weight excluding hydrogens is 464 g/mol. The molecule has 2 N–H and O–H groups in total. The molecule has 2 aliphatic rings. The molecule has 0 atom stereocenters. The van der Waals surface area contributed by atoms with Gasteiger partial charge in [0.15, 0.2) is 5.65 Å². The average Bonchev–Trinajstić information content (AvgIpc) is 3.50. The highest BCUT2D eigenvalue weighted by Crippen LogP contribution is 2.37. The minimum Gasteiger partial charge on any atom is -0.381 e. The first kappa shape index (κ1) is 24.4. The van der Waals surface area contributed by atoms with Crippen LogP contribution in [0.4, 0.5) is 0 Å². The fourth-order valence-corrected chi connectivity index (χ4v) is 6.43. The summed E-state index contributed by atoms with van der Waals surface area (Å²) in [5.41, 5.74) is 8.67. The number of fused-ring (bicyclic) bond motifs is 2. The third-order valence-corrected chi connectivity index (χ3v) is 8.68. The van der Waals surface area contributed by atoms with Gasteiger partial charge in [0.25, 0.3) is 0 Å². The van der Waals surface area contributed by atoms with E-state index < -0.39 is 0 Å². The molecule has 4 heterocycles. The summed E-state index contributed by atoms with van der Waals surface area (Å²) in [5, 5.41) is 8.26. The highest BCUT2D eigenvalue weighted by Gasteiger charge is 2.28. The number of aryl methyl sites for hydroxylation is 1. The van der Waals surface area contributed by atoms with Gasteiger partial charge in [-0.3, -0.25) is 4.57 Å². The smallest absolute Gasteiger partial charge is 0.326 e. The Bertz CT molecular complexity index is 1480. The topological polar surface area (TPSA) is 89.2 Å². The Balaban J connectivity index is 1.34. The maximum Gasteiger partial charge on any atom is 0.326 e. The fourth-order valence-electron chi connectivity index (χ4n) is 6.43. The van der Waals surface area contributed by atoms with E-state index in [1.165, 1.54) is 11.1 Å². The number of ether oxygens (including phenoxy) is 1. The summed E-state index contributed by atoms with van der Waals surface area (Å²) in [6.07, 6.45) is 10.1. The lowest BCUT2D eigenvalue weighted by atomic mass is 9.88. The molecule has 0 radical (unpaired) electrons. The van der Waals surface area contributed by atoms with Crippen molar-refractivity contribution in [2.75, 3.05) is 13.2 Å². The number of aromatic nitrogens is 5. The number of pyridine rings is 1. The normalized spacial score (nSPS) is 21.4. The lowest BCUT2D eigenvalue weighted by molar-refractivity contribution is 0.0724. The molecule has 1 saturated heterocycles. The molecule has 0 amide bonds. The summed E-state index contributed by atoms with van der Waals surface area (Å²) in [7, 11) is 0. The summed E-state index contributed by atoms with van der Waals surface area (Å²) < 4.78 is 9.40. The molecule has 1 aromatic carbocycles. The second-order valence-corrected chi connectivity index (χ2v) is 11.3. The Morgan fingerprint density at radius 2 is 1.73 bits per heavy atom. The molecule has 37 heavy (non-hydrogen) atoms. The minimum absolute atomic E-state index is 0.00215. The average molecular weight is 503 g/mol. The lowest BCUT2D eigenvalue weighted by Crippen LogP contribution is -2.43. The van der Waals surface area contributed by atoms with Gasteiger partial charge in [-0.15, -0.1) is 0 Å². The maximum absolute atomic E-state index is 13.3. The zero-order chi connectivity index (χ0) is 25.7. The van der Waals surface area contributed by atoms with Gasteiger partial charge in [0.2, 0.25) is 0 Å². The fraction of sp³-hybridized carbons (Fsp3) is 0.552. The molecule has 1 aliphatic heterocycles. The van der Waals surface area contributed by atoms with E-state index in [2.05, 4.69) is 66.4 Å². The standard InChI is InChI=1S/C29H38N6O2/c1-17(2)23-14-27-26(13-24(23)25-15-34-28(30-16-31-34)19(4)18(25)3)33-29(36)35(27)22-7-5-20(6-8-22)32-21-9-11-37-12-10-21/h13-17,20-22,32H,5-12H2,1-4H3,(H,33,36)/t20-,22+. The Labute approximate surface area is 217 Å². The zero-order valence-corrected chi connectivity index (χ0v) is 22.4. The van der Waals surface area contributed by atoms with Crippen LogP contribution in [0, 0.1) is 13.8 Å². The number of nitrogens with zero attached hydrogens (tertiary/aromatic N) is 4. The molecule has 1 aliphatic carbocycles. The summed E-state index contributed by atoms with van der Waals surface area (Å²) in [6.45, 7) is 10.4. The number of imidazole rings is 1. The van der Waals surface area contributed by atoms with E-state index in [0.717, 1.165) is 85.1 Å². The number of hydrogen-bond donors (Lipinski definition) is 2. The number of aromatic amines is 1. The molecule has 6 rings (SSSR count). The molecule has 1 saturated carbocycles. The molecule has 0 unspecified atom stereocenters. The first-order valence-corrected chi connectivity index (χ1v) is 13.8. The summed E-state index contributed by atoms with van der Waals surface area (Å²) in [5.74, 6) is 0.309. The van der Waals surface area contributed by atoms with E-state index in [9.17, 15) is 4.79 Å². The third-order valence-electron chi connectivity index (χ3n) is 8.68. The summed E-state index contributed by atoms with van der Waals surface area (Å²) in [6, 6.07) is 5.76.